The Morgan fingerprint density at radius 2 is 1.53 bits per heavy atom. The van der Waals surface area contributed by atoms with Crippen molar-refractivity contribution in [3.05, 3.63) is 12.7 Å². The molecule has 0 aliphatic rings. The van der Waals surface area contributed by atoms with Crippen molar-refractivity contribution < 1.29 is 4.79 Å². The molecule has 0 aliphatic heterocycles. The summed E-state index contributed by atoms with van der Waals surface area (Å²) in [6.07, 6.45) is 13.0. The Kier molecular flexibility index (Phi) is 14.9. The van der Waals surface area contributed by atoms with Crippen molar-refractivity contribution in [2.24, 2.45) is 0 Å². The van der Waals surface area contributed by atoms with E-state index in [2.05, 4.69) is 32.7 Å². The Hall–Kier alpha value is 0.210. The Morgan fingerprint density at radius 1 is 1.05 bits per heavy atom. The summed E-state index contributed by atoms with van der Waals surface area (Å²) in [7, 11) is 0. The summed E-state index contributed by atoms with van der Waals surface area (Å²) >= 11 is 0. The Balaban J connectivity index is 0. The summed E-state index contributed by atoms with van der Waals surface area (Å²) in [5.41, 5.74) is -0.104. The molecule has 0 heterocycles. The number of carbonyl (C=O) groups is 1. The van der Waals surface area contributed by atoms with E-state index in [1.807, 2.05) is 0 Å². The number of unbranched alkanes of at least 4 members (excludes halogenated alkanes) is 7. The normalized spacial score (nSPS) is 10.7. The Bertz CT molecular complexity index is 239. The summed E-state index contributed by atoms with van der Waals surface area (Å²) < 4.78 is 0. The van der Waals surface area contributed by atoms with Gasteiger partial charge in [0.05, 0.1) is 0 Å². The molecule has 2 nitrogen and oxygen atoms in total. The van der Waals surface area contributed by atoms with Crippen LogP contribution in [0.4, 0.5) is 0 Å². The second kappa shape index (κ2) is 13.2. The molecule has 0 atom stereocenters. The van der Waals surface area contributed by atoms with Crippen LogP contribution in [0.5, 0.6) is 0 Å². The van der Waals surface area contributed by atoms with Crippen LogP contribution < -0.4 is 5.32 Å². The van der Waals surface area contributed by atoms with Crippen LogP contribution in [0.2, 0.25) is 0 Å². The first kappa shape index (κ1) is 21.5. The van der Waals surface area contributed by atoms with E-state index >= 15 is 0 Å². The van der Waals surface area contributed by atoms with Crippen LogP contribution >= 0.6 is 0 Å². The fraction of sp³-hybridized carbons (Fsp3) is 0.812. The van der Waals surface area contributed by atoms with Gasteiger partial charge in [0.2, 0.25) is 5.91 Å². The van der Waals surface area contributed by atoms with E-state index in [4.69, 9.17) is 0 Å². The fourth-order valence-electron chi connectivity index (χ4n) is 2.15. The van der Waals surface area contributed by atoms with Crippen molar-refractivity contribution in [3.8, 4) is 0 Å². The summed E-state index contributed by atoms with van der Waals surface area (Å²) in [5.74, 6) is -0.0698. The zero-order valence-electron chi connectivity index (χ0n) is 13.6. The molecule has 0 aliphatic carbocycles. The molecular weight excluding hydrogens is 245 g/mol. The monoisotopic (exact) mass is 276 g/mol. The van der Waals surface area contributed by atoms with Crippen molar-refractivity contribution >= 4 is 35.5 Å². The van der Waals surface area contributed by atoms with Gasteiger partial charge in [-0.1, -0.05) is 64.9 Å². The smallest absolute Gasteiger partial charge is 0.243 e. The minimum absolute atomic E-state index is 0. The third-order valence-corrected chi connectivity index (χ3v) is 3.30. The van der Waals surface area contributed by atoms with Crippen LogP contribution in [0.25, 0.3) is 0 Å². The molecule has 0 saturated carbocycles. The zero-order chi connectivity index (χ0) is 13.9. The third-order valence-electron chi connectivity index (χ3n) is 3.30. The molecule has 0 aromatic carbocycles. The maximum atomic E-state index is 11.2. The minimum atomic E-state index is -0.104. The van der Waals surface area contributed by atoms with Gasteiger partial charge >= 0.3 is 0 Å². The first-order valence-electron chi connectivity index (χ1n) is 7.46. The van der Waals surface area contributed by atoms with E-state index in [0.717, 1.165) is 6.42 Å². The standard InChI is InChI=1S/C16H31NO.Na/c1-5-7-8-9-10-11-12-13-14-16(3,4)17-15(18)6-2;/h6H,2,5,7-14H2,1,3-4H3,(H,17,18);. The second-order valence-corrected chi connectivity index (χ2v) is 5.80. The van der Waals surface area contributed by atoms with Gasteiger partial charge in [0.15, 0.2) is 0 Å². The summed E-state index contributed by atoms with van der Waals surface area (Å²) in [5, 5.41) is 2.97. The molecular formula is C16H31NNaO. The predicted molar refractivity (Wildman–Crippen MR) is 85.4 cm³/mol. The number of carbonyl (C=O) groups excluding carboxylic acids is 1. The molecule has 19 heavy (non-hydrogen) atoms. The molecule has 0 aromatic heterocycles. The van der Waals surface area contributed by atoms with E-state index in [-0.39, 0.29) is 41.0 Å². The topological polar surface area (TPSA) is 29.1 Å². The van der Waals surface area contributed by atoms with Gasteiger partial charge in [0.1, 0.15) is 0 Å². The van der Waals surface area contributed by atoms with Crippen LogP contribution in [-0.2, 0) is 4.79 Å². The number of hydrogen-bond donors (Lipinski definition) is 1. The van der Waals surface area contributed by atoms with Gasteiger partial charge in [-0.05, 0) is 26.3 Å². The van der Waals surface area contributed by atoms with Gasteiger partial charge in [-0.15, -0.1) is 0 Å². The SMILES string of the molecule is C=CC(=O)NC(C)(C)CCCCCCCCCC.[Na]. The van der Waals surface area contributed by atoms with Crippen LogP contribution in [-0.4, -0.2) is 41.0 Å². The number of hydrogen-bond acceptors (Lipinski definition) is 1. The number of nitrogens with one attached hydrogen (secondary N) is 1. The van der Waals surface area contributed by atoms with Crippen LogP contribution in [0, 0.1) is 0 Å². The van der Waals surface area contributed by atoms with Crippen LogP contribution in [0.1, 0.15) is 78.6 Å². The summed E-state index contributed by atoms with van der Waals surface area (Å²) in [4.78, 5) is 11.2. The van der Waals surface area contributed by atoms with Gasteiger partial charge in [-0.25, -0.2) is 0 Å². The molecule has 0 spiro atoms. The molecule has 0 unspecified atom stereocenters. The third kappa shape index (κ3) is 14.4. The van der Waals surface area contributed by atoms with Gasteiger partial charge in [-0.3, -0.25) is 4.79 Å². The van der Waals surface area contributed by atoms with E-state index in [1.165, 1.54) is 57.4 Å². The molecule has 0 fully saturated rings. The fourth-order valence-corrected chi connectivity index (χ4v) is 2.15. The number of rotatable bonds is 11. The molecule has 0 bridgehead atoms. The molecule has 0 saturated heterocycles. The largest absolute Gasteiger partial charge is 0.348 e. The van der Waals surface area contributed by atoms with Gasteiger partial charge < -0.3 is 5.32 Å². The Morgan fingerprint density at radius 3 is 2.00 bits per heavy atom. The van der Waals surface area contributed by atoms with Gasteiger partial charge in [0.25, 0.3) is 0 Å². The average molecular weight is 276 g/mol. The Labute approximate surface area is 142 Å². The average Bonchev–Trinajstić information content (AvgIpc) is 2.31. The van der Waals surface area contributed by atoms with Crippen LogP contribution in [0.15, 0.2) is 12.7 Å². The van der Waals surface area contributed by atoms with Gasteiger partial charge in [-0.2, -0.15) is 0 Å². The second-order valence-electron chi connectivity index (χ2n) is 5.80. The first-order valence-corrected chi connectivity index (χ1v) is 7.46. The van der Waals surface area contributed by atoms with E-state index in [9.17, 15) is 4.79 Å². The summed E-state index contributed by atoms with van der Waals surface area (Å²) in [6.45, 7) is 9.89. The van der Waals surface area contributed by atoms with Crippen LogP contribution in [0.3, 0.4) is 0 Å². The van der Waals surface area contributed by atoms with Crippen molar-refractivity contribution in [3.63, 3.8) is 0 Å². The maximum Gasteiger partial charge on any atom is 0.243 e. The molecule has 107 valence electrons. The molecule has 3 heteroatoms. The first-order chi connectivity index (χ1) is 8.52. The zero-order valence-corrected chi connectivity index (χ0v) is 15.6. The summed E-state index contributed by atoms with van der Waals surface area (Å²) in [6, 6.07) is 0. The molecule has 0 rings (SSSR count). The minimum Gasteiger partial charge on any atom is -0.348 e. The molecule has 1 radical (unpaired) electrons. The quantitative estimate of drug-likeness (QED) is 0.342. The molecule has 0 aromatic rings. The van der Waals surface area contributed by atoms with Gasteiger partial charge in [0, 0.05) is 35.1 Å². The maximum absolute atomic E-state index is 11.2. The van der Waals surface area contributed by atoms with Crippen molar-refractivity contribution in [1.29, 1.82) is 0 Å². The molecule has 1 N–H and O–H groups in total. The van der Waals surface area contributed by atoms with E-state index < -0.39 is 0 Å². The van der Waals surface area contributed by atoms with Crippen molar-refractivity contribution in [2.45, 2.75) is 84.1 Å². The van der Waals surface area contributed by atoms with E-state index in [0.29, 0.717) is 0 Å². The van der Waals surface area contributed by atoms with Crippen molar-refractivity contribution in [1.82, 2.24) is 5.32 Å². The number of amides is 1. The predicted octanol–water partition coefficient (Wildman–Crippen LogP) is 4.22. The molecule has 1 amide bonds. The van der Waals surface area contributed by atoms with E-state index in [1.54, 1.807) is 0 Å². The van der Waals surface area contributed by atoms with Crippen molar-refractivity contribution in [2.75, 3.05) is 0 Å².